The van der Waals surface area contributed by atoms with Crippen molar-refractivity contribution in [2.24, 2.45) is 13.0 Å². The van der Waals surface area contributed by atoms with Crippen LogP contribution in [0.5, 0.6) is 11.5 Å². The average Bonchev–Trinajstić information content (AvgIpc) is 3.88. The Morgan fingerprint density at radius 3 is 2.08 bits per heavy atom. The molecule has 1 fully saturated rings. The summed E-state index contributed by atoms with van der Waals surface area (Å²) in [6, 6.07) is 28.5. The number of imidazole rings is 1. The van der Waals surface area contributed by atoms with Gasteiger partial charge in [0.2, 0.25) is 0 Å². The van der Waals surface area contributed by atoms with Crippen LogP contribution in [0, 0.1) is 17.2 Å². The van der Waals surface area contributed by atoms with Crippen molar-refractivity contribution in [2.45, 2.75) is 31.9 Å². The van der Waals surface area contributed by atoms with Gasteiger partial charge < -0.3 is 40.8 Å². The molecule has 15 heteroatoms. The third kappa shape index (κ3) is 8.36. The Morgan fingerprint density at radius 2 is 1.48 bits per heavy atom. The van der Waals surface area contributed by atoms with E-state index in [1.165, 1.54) is 60.7 Å². The van der Waals surface area contributed by atoms with Gasteiger partial charge in [-0.3, -0.25) is 19.2 Å². The van der Waals surface area contributed by atoms with Crippen LogP contribution < -0.4 is 26.0 Å². The van der Waals surface area contributed by atoms with Crippen molar-refractivity contribution in [3.8, 4) is 29.0 Å². The van der Waals surface area contributed by atoms with Crippen molar-refractivity contribution in [3.05, 3.63) is 144 Å². The van der Waals surface area contributed by atoms with Crippen LogP contribution >= 0.6 is 0 Å². The monoisotopic (exact) mass is 817 g/mol. The van der Waals surface area contributed by atoms with Crippen LogP contribution in [0.2, 0.25) is 0 Å². The molecule has 61 heavy (non-hydrogen) atoms. The van der Waals surface area contributed by atoms with Gasteiger partial charge in [-0.2, -0.15) is 5.26 Å². The molecule has 0 saturated heterocycles. The van der Waals surface area contributed by atoms with Gasteiger partial charge in [0.1, 0.15) is 11.4 Å². The van der Waals surface area contributed by atoms with Gasteiger partial charge in [0.15, 0.2) is 11.5 Å². The number of rotatable bonds is 13. The van der Waals surface area contributed by atoms with Gasteiger partial charge >= 0.3 is 5.97 Å². The molecular formula is C46H39N7O8. The summed E-state index contributed by atoms with van der Waals surface area (Å²) in [7, 11) is 1.87. The summed E-state index contributed by atoms with van der Waals surface area (Å²) in [5.41, 5.74) is 2.75. The number of aryl methyl sites for hydroxylation is 1. The van der Waals surface area contributed by atoms with Gasteiger partial charge in [0.25, 0.3) is 23.6 Å². The van der Waals surface area contributed by atoms with Gasteiger partial charge in [-0.05, 0) is 111 Å². The molecule has 2 atom stereocenters. The number of ether oxygens (including phenoxy) is 1. The van der Waals surface area contributed by atoms with Gasteiger partial charge in [0, 0.05) is 41.0 Å². The number of aromatic hydroxyl groups is 1. The molecule has 0 radical (unpaired) electrons. The van der Waals surface area contributed by atoms with Gasteiger partial charge in [-0.25, -0.2) is 9.78 Å². The van der Waals surface area contributed by atoms with Crippen LogP contribution in [0.3, 0.4) is 0 Å². The lowest BCUT2D eigenvalue weighted by Crippen LogP contribution is -2.47. The van der Waals surface area contributed by atoms with E-state index in [-0.39, 0.29) is 34.0 Å². The number of amides is 4. The maximum atomic E-state index is 13.7. The number of nitrogens with one attached hydrogen (secondary N) is 4. The number of phenolic OH excluding ortho intramolecular Hbond substituents is 1. The fourth-order valence-electron chi connectivity index (χ4n) is 6.85. The topological polar surface area (TPSA) is 225 Å². The van der Waals surface area contributed by atoms with Gasteiger partial charge in [0.05, 0.1) is 45.6 Å². The Morgan fingerprint density at radius 1 is 0.852 bits per heavy atom. The van der Waals surface area contributed by atoms with E-state index in [1.807, 2.05) is 17.7 Å². The highest BCUT2D eigenvalue weighted by Gasteiger charge is 2.59. The Kier molecular flexibility index (Phi) is 11.1. The summed E-state index contributed by atoms with van der Waals surface area (Å²) in [5, 5.41) is 40.6. The molecular weight excluding hydrogens is 779 g/mol. The van der Waals surface area contributed by atoms with Crippen LogP contribution in [0.15, 0.2) is 116 Å². The largest absolute Gasteiger partial charge is 0.504 e. The number of phenols is 1. The standard InChI is InChI=1S/C46H39N7O8/c1-5-31-23-46(31,52-42(56)29-9-7-27(8-10-29)40-50-36-22-26(24-47)6-21-37(36)53(40)4)45(60)49-33-15-11-28(12-16-33)41(55)51-35-20-19-34(38(54)39(35)61-25(2)3)43(57)48-32-17-13-30(14-18-32)44(58)59/h5-22,25,31,54H,1,23H2,2-4H3,(H,48,57)(H,49,60)(H,51,55)(H,52,56)(H,58,59)/t31-,46-/m0/s1. The smallest absolute Gasteiger partial charge is 0.335 e. The molecule has 1 aliphatic carbocycles. The molecule has 6 aromatic rings. The highest BCUT2D eigenvalue weighted by atomic mass is 16.5. The summed E-state index contributed by atoms with van der Waals surface area (Å²) < 4.78 is 7.72. The van der Waals surface area contributed by atoms with E-state index in [4.69, 9.17) is 9.84 Å². The summed E-state index contributed by atoms with van der Waals surface area (Å²) in [5.74, 6) is -3.60. The number of nitriles is 1. The first-order valence-corrected chi connectivity index (χ1v) is 19.0. The van der Waals surface area contributed by atoms with Crippen LogP contribution in [0.4, 0.5) is 17.1 Å². The zero-order valence-corrected chi connectivity index (χ0v) is 33.1. The number of anilines is 3. The lowest BCUT2D eigenvalue weighted by atomic mass is 10.1. The second-order valence-corrected chi connectivity index (χ2v) is 14.7. The summed E-state index contributed by atoms with van der Waals surface area (Å²) in [6.45, 7) is 7.25. The number of benzene rings is 5. The predicted octanol–water partition coefficient (Wildman–Crippen LogP) is 7.12. The number of carboxylic acid groups (broad SMARTS) is 1. The number of carboxylic acids is 1. The van der Waals surface area contributed by atoms with Crippen molar-refractivity contribution < 1.29 is 38.9 Å². The first-order chi connectivity index (χ1) is 29.2. The number of fused-ring (bicyclic) bond motifs is 1. The zero-order chi connectivity index (χ0) is 43.6. The lowest BCUT2D eigenvalue weighted by Gasteiger charge is -2.19. The fourth-order valence-corrected chi connectivity index (χ4v) is 6.85. The van der Waals surface area contributed by atoms with E-state index in [0.29, 0.717) is 40.3 Å². The van der Waals surface area contributed by atoms with Crippen LogP contribution in [-0.4, -0.2) is 61.0 Å². The zero-order valence-electron chi connectivity index (χ0n) is 33.1. The number of carbonyl (C=O) groups is 5. The number of aromatic carboxylic acids is 1. The average molecular weight is 818 g/mol. The van der Waals surface area contributed by atoms with Crippen molar-refractivity contribution in [1.82, 2.24) is 14.9 Å². The maximum Gasteiger partial charge on any atom is 0.335 e. The molecule has 306 valence electrons. The molecule has 7 rings (SSSR count). The second kappa shape index (κ2) is 16.5. The number of aromatic nitrogens is 2. The van der Waals surface area contributed by atoms with Crippen LogP contribution in [0.1, 0.15) is 67.3 Å². The first-order valence-electron chi connectivity index (χ1n) is 19.0. The lowest BCUT2D eigenvalue weighted by molar-refractivity contribution is -0.119. The molecule has 15 nitrogen and oxygen atoms in total. The number of hydrogen-bond acceptors (Lipinski definition) is 9. The molecule has 0 bridgehead atoms. The highest BCUT2D eigenvalue weighted by Crippen LogP contribution is 2.45. The second-order valence-electron chi connectivity index (χ2n) is 14.7. The summed E-state index contributed by atoms with van der Waals surface area (Å²) in [6.07, 6.45) is 1.51. The molecule has 5 aromatic carbocycles. The molecule has 1 saturated carbocycles. The third-order valence-corrected chi connectivity index (χ3v) is 10.2. The Balaban J connectivity index is 1.00. The quantitative estimate of drug-likeness (QED) is 0.0647. The Labute approximate surface area is 349 Å². The fraction of sp³-hybridized carbons (Fsp3) is 0.152. The summed E-state index contributed by atoms with van der Waals surface area (Å²) in [4.78, 5) is 69.5. The van der Waals surface area contributed by atoms with Crippen molar-refractivity contribution >= 4 is 57.7 Å². The van der Waals surface area contributed by atoms with E-state index in [1.54, 1.807) is 56.3 Å². The van der Waals surface area contributed by atoms with Crippen LogP contribution in [0.25, 0.3) is 22.4 Å². The number of hydrogen-bond donors (Lipinski definition) is 6. The molecule has 6 N–H and O–H groups in total. The van der Waals surface area contributed by atoms with Crippen molar-refractivity contribution in [3.63, 3.8) is 0 Å². The molecule has 1 heterocycles. The van der Waals surface area contributed by atoms with Gasteiger partial charge in [-0.1, -0.05) is 18.2 Å². The van der Waals surface area contributed by atoms with E-state index in [9.17, 15) is 34.3 Å². The first kappa shape index (κ1) is 40.9. The van der Waals surface area contributed by atoms with Crippen LogP contribution in [-0.2, 0) is 11.8 Å². The molecule has 0 aliphatic heterocycles. The summed E-state index contributed by atoms with van der Waals surface area (Å²) >= 11 is 0. The maximum absolute atomic E-state index is 13.7. The highest BCUT2D eigenvalue weighted by molar-refractivity contribution is 6.10. The molecule has 0 unspecified atom stereocenters. The minimum absolute atomic E-state index is 0.0386. The normalized spacial score (nSPS) is 15.3. The van der Waals surface area contributed by atoms with E-state index in [2.05, 4.69) is 38.9 Å². The third-order valence-electron chi connectivity index (χ3n) is 10.2. The van der Waals surface area contributed by atoms with E-state index >= 15 is 0 Å². The number of nitrogens with zero attached hydrogens (tertiary/aromatic N) is 3. The Bertz CT molecular complexity index is 2790. The number of carbonyl (C=O) groups excluding carboxylic acids is 4. The van der Waals surface area contributed by atoms with E-state index in [0.717, 1.165) is 11.1 Å². The molecule has 1 aromatic heterocycles. The van der Waals surface area contributed by atoms with Crippen molar-refractivity contribution in [1.29, 1.82) is 5.26 Å². The van der Waals surface area contributed by atoms with Crippen molar-refractivity contribution in [2.75, 3.05) is 16.0 Å². The SMILES string of the molecule is C=C[C@H]1C[C@@]1(NC(=O)c1ccc(-c2nc3cc(C#N)ccc3n2C)cc1)C(=O)Nc1ccc(C(=O)Nc2ccc(C(=O)Nc3ccc(C(=O)O)cc3)c(O)c2OC(C)C)cc1. The van der Waals surface area contributed by atoms with Gasteiger partial charge in [-0.15, -0.1) is 6.58 Å². The molecule has 1 aliphatic rings. The predicted molar refractivity (Wildman–Crippen MR) is 228 cm³/mol. The van der Waals surface area contributed by atoms with E-state index < -0.39 is 47.0 Å². The minimum Gasteiger partial charge on any atom is -0.504 e. The molecule has 4 amide bonds. The Hall–Kier alpha value is -8.25. The minimum atomic E-state index is -1.24. The molecule has 0 spiro atoms.